The highest BCUT2D eigenvalue weighted by molar-refractivity contribution is 6.03. The van der Waals surface area contributed by atoms with Crippen LogP contribution in [0.15, 0.2) is 30.3 Å². The summed E-state index contributed by atoms with van der Waals surface area (Å²) in [6.45, 7) is 6.19. The minimum atomic E-state index is -0.249. The van der Waals surface area contributed by atoms with E-state index in [1.165, 1.54) is 0 Å². The van der Waals surface area contributed by atoms with Gasteiger partial charge in [-0.1, -0.05) is 32.0 Å². The molecule has 5 heteroatoms. The molecule has 0 aliphatic carbocycles. The summed E-state index contributed by atoms with van der Waals surface area (Å²) in [6.07, 6.45) is 0. The van der Waals surface area contributed by atoms with E-state index in [9.17, 15) is 4.79 Å². The molecule has 2 aromatic rings. The fourth-order valence-corrected chi connectivity index (χ4v) is 2.11. The van der Waals surface area contributed by atoms with Gasteiger partial charge in [-0.2, -0.15) is 0 Å². The molecule has 1 aromatic carbocycles. The first-order chi connectivity index (χ1) is 10.0. The summed E-state index contributed by atoms with van der Waals surface area (Å²) in [4.78, 5) is 12.3. The fraction of sp³-hybridized carbons (Fsp3) is 0.312. The first-order valence-electron chi connectivity index (χ1n) is 6.95. The van der Waals surface area contributed by atoms with Crippen LogP contribution >= 0.6 is 0 Å². The van der Waals surface area contributed by atoms with Crippen LogP contribution in [-0.4, -0.2) is 23.2 Å². The van der Waals surface area contributed by atoms with E-state index in [2.05, 4.69) is 34.7 Å². The van der Waals surface area contributed by atoms with Crippen molar-refractivity contribution in [3.8, 4) is 0 Å². The first kappa shape index (κ1) is 15.0. The summed E-state index contributed by atoms with van der Waals surface area (Å²) in [5.41, 5.74) is 3.31. The van der Waals surface area contributed by atoms with Crippen molar-refractivity contribution in [2.45, 2.75) is 26.7 Å². The Morgan fingerprint density at radius 1 is 1.14 bits per heavy atom. The molecule has 5 nitrogen and oxygen atoms in total. The van der Waals surface area contributed by atoms with Crippen molar-refractivity contribution in [3.63, 3.8) is 0 Å². The molecule has 0 fully saturated rings. The van der Waals surface area contributed by atoms with E-state index in [4.69, 9.17) is 0 Å². The zero-order valence-electron chi connectivity index (χ0n) is 12.8. The Balaban J connectivity index is 2.26. The number of anilines is 2. The standard InChI is InChI=1S/C16H20N4O/c1-10(2)12-7-5-6-11(3)15(12)18-16(21)13-8-9-14(17-4)20-19-13/h5-10H,1-4H3,(H,17,20)(H,18,21). The van der Waals surface area contributed by atoms with E-state index in [-0.39, 0.29) is 5.91 Å². The van der Waals surface area contributed by atoms with E-state index in [1.807, 2.05) is 25.1 Å². The average molecular weight is 284 g/mol. The van der Waals surface area contributed by atoms with Gasteiger partial charge >= 0.3 is 0 Å². The SMILES string of the molecule is CNc1ccc(C(=O)Nc2c(C)cccc2C(C)C)nn1. The average Bonchev–Trinajstić information content (AvgIpc) is 2.49. The summed E-state index contributed by atoms with van der Waals surface area (Å²) < 4.78 is 0. The summed E-state index contributed by atoms with van der Waals surface area (Å²) in [5, 5.41) is 13.7. The van der Waals surface area contributed by atoms with Gasteiger partial charge in [-0.15, -0.1) is 10.2 Å². The molecule has 2 rings (SSSR count). The van der Waals surface area contributed by atoms with Gasteiger partial charge in [0.2, 0.25) is 0 Å². The number of para-hydroxylation sites is 1. The molecule has 0 radical (unpaired) electrons. The van der Waals surface area contributed by atoms with E-state index in [0.29, 0.717) is 17.4 Å². The van der Waals surface area contributed by atoms with Gasteiger partial charge in [0.25, 0.3) is 5.91 Å². The fourth-order valence-electron chi connectivity index (χ4n) is 2.11. The normalized spacial score (nSPS) is 10.5. The number of carbonyl (C=O) groups is 1. The molecule has 0 unspecified atom stereocenters. The molecule has 0 aliphatic heterocycles. The number of hydrogen-bond donors (Lipinski definition) is 2. The molecule has 0 aliphatic rings. The van der Waals surface area contributed by atoms with Crippen LogP contribution in [0.5, 0.6) is 0 Å². The zero-order valence-corrected chi connectivity index (χ0v) is 12.8. The summed E-state index contributed by atoms with van der Waals surface area (Å²) >= 11 is 0. The number of nitrogens with zero attached hydrogens (tertiary/aromatic N) is 2. The maximum absolute atomic E-state index is 12.3. The Morgan fingerprint density at radius 2 is 1.90 bits per heavy atom. The second kappa shape index (κ2) is 6.35. The summed E-state index contributed by atoms with van der Waals surface area (Å²) in [5.74, 6) is 0.713. The Kier molecular flexibility index (Phi) is 4.52. The third-order valence-electron chi connectivity index (χ3n) is 3.32. The second-order valence-corrected chi connectivity index (χ2v) is 5.20. The molecular formula is C16H20N4O. The van der Waals surface area contributed by atoms with Crippen molar-refractivity contribution in [1.29, 1.82) is 0 Å². The van der Waals surface area contributed by atoms with Crippen molar-refractivity contribution in [2.24, 2.45) is 0 Å². The van der Waals surface area contributed by atoms with Gasteiger partial charge in [-0.25, -0.2) is 0 Å². The Hall–Kier alpha value is -2.43. The van der Waals surface area contributed by atoms with Gasteiger partial charge in [0.1, 0.15) is 5.82 Å². The lowest BCUT2D eigenvalue weighted by molar-refractivity contribution is 0.102. The van der Waals surface area contributed by atoms with Gasteiger partial charge in [-0.3, -0.25) is 4.79 Å². The predicted octanol–water partition coefficient (Wildman–Crippen LogP) is 3.20. The Bertz CT molecular complexity index is 635. The van der Waals surface area contributed by atoms with Crippen molar-refractivity contribution in [3.05, 3.63) is 47.2 Å². The number of hydrogen-bond acceptors (Lipinski definition) is 4. The van der Waals surface area contributed by atoms with Crippen molar-refractivity contribution >= 4 is 17.4 Å². The highest BCUT2D eigenvalue weighted by atomic mass is 16.1. The maximum Gasteiger partial charge on any atom is 0.276 e. The lowest BCUT2D eigenvalue weighted by Crippen LogP contribution is -2.17. The molecule has 21 heavy (non-hydrogen) atoms. The number of nitrogens with one attached hydrogen (secondary N) is 2. The lowest BCUT2D eigenvalue weighted by Gasteiger charge is -2.16. The van der Waals surface area contributed by atoms with E-state index < -0.39 is 0 Å². The van der Waals surface area contributed by atoms with Crippen molar-refractivity contribution in [1.82, 2.24) is 10.2 Å². The van der Waals surface area contributed by atoms with Crippen LogP contribution in [0.2, 0.25) is 0 Å². The van der Waals surface area contributed by atoms with Crippen LogP contribution in [-0.2, 0) is 0 Å². The number of benzene rings is 1. The molecule has 2 N–H and O–H groups in total. The Morgan fingerprint density at radius 3 is 2.48 bits per heavy atom. The molecule has 0 saturated heterocycles. The number of rotatable bonds is 4. The summed E-state index contributed by atoms with van der Waals surface area (Å²) in [7, 11) is 1.76. The molecule has 110 valence electrons. The number of carbonyl (C=O) groups excluding carboxylic acids is 1. The zero-order chi connectivity index (χ0) is 15.4. The number of aryl methyl sites for hydroxylation is 1. The third-order valence-corrected chi connectivity index (χ3v) is 3.32. The quantitative estimate of drug-likeness (QED) is 0.904. The smallest absolute Gasteiger partial charge is 0.276 e. The first-order valence-corrected chi connectivity index (χ1v) is 6.95. The van der Waals surface area contributed by atoms with Crippen LogP contribution in [0.1, 0.15) is 41.4 Å². The van der Waals surface area contributed by atoms with Gasteiger partial charge in [0.05, 0.1) is 0 Å². The molecule has 0 saturated carbocycles. The van der Waals surface area contributed by atoms with Gasteiger partial charge < -0.3 is 10.6 Å². The molecular weight excluding hydrogens is 264 g/mol. The lowest BCUT2D eigenvalue weighted by atomic mass is 9.98. The molecule has 0 atom stereocenters. The molecule has 0 bridgehead atoms. The monoisotopic (exact) mass is 284 g/mol. The highest BCUT2D eigenvalue weighted by Crippen LogP contribution is 2.27. The van der Waals surface area contributed by atoms with Gasteiger partial charge in [-0.05, 0) is 36.1 Å². The van der Waals surface area contributed by atoms with E-state index >= 15 is 0 Å². The minimum Gasteiger partial charge on any atom is -0.372 e. The van der Waals surface area contributed by atoms with E-state index in [1.54, 1.807) is 19.2 Å². The number of amides is 1. The predicted molar refractivity (Wildman–Crippen MR) is 84.8 cm³/mol. The van der Waals surface area contributed by atoms with Crippen LogP contribution in [0, 0.1) is 6.92 Å². The minimum absolute atomic E-state index is 0.249. The van der Waals surface area contributed by atoms with Gasteiger partial charge in [0.15, 0.2) is 5.69 Å². The molecule has 0 spiro atoms. The van der Waals surface area contributed by atoms with Gasteiger partial charge in [0, 0.05) is 12.7 Å². The topological polar surface area (TPSA) is 66.9 Å². The van der Waals surface area contributed by atoms with Crippen LogP contribution in [0.25, 0.3) is 0 Å². The van der Waals surface area contributed by atoms with Crippen LogP contribution < -0.4 is 10.6 Å². The highest BCUT2D eigenvalue weighted by Gasteiger charge is 2.14. The number of aromatic nitrogens is 2. The second-order valence-electron chi connectivity index (χ2n) is 5.20. The summed E-state index contributed by atoms with van der Waals surface area (Å²) in [6, 6.07) is 9.40. The molecule has 1 heterocycles. The third kappa shape index (κ3) is 3.37. The van der Waals surface area contributed by atoms with Crippen molar-refractivity contribution < 1.29 is 4.79 Å². The van der Waals surface area contributed by atoms with Crippen LogP contribution in [0.3, 0.4) is 0 Å². The Labute approximate surface area is 124 Å². The van der Waals surface area contributed by atoms with Crippen molar-refractivity contribution in [2.75, 3.05) is 17.7 Å². The van der Waals surface area contributed by atoms with E-state index in [0.717, 1.165) is 16.8 Å². The maximum atomic E-state index is 12.3. The van der Waals surface area contributed by atoms with Crippen LogP contribution in [0.4, 0.5) is 11.5 Å². The molecule has 1 amide bonds. The largest absolute Gasteiger partial charge is 0.372 e. The molecule has 1 aromatic heterocycles.